The lowest BCUT2D eigenvalue weighted by Gasteiger charge is -2.35. The molecule has 1 aromatic rings. The van der Waals surface area contributed by atoms with Gasteiger partial charge in [-0.05, 0) is 71.2 Å². The van der Waals surface area contributed by atoms with Crippen LogP contribution in [-0.4, -0.2) is 0 Å². The van der Waals surface area contributed by atoms with Crippen LogP contribution in [0.15, 0.2) is 24.3 Å². The van der Waals surface area contributed by atoms with Crippen LogP contribution in [0.1, 0.15) is 44.7 Å². The number of nitrogens with two attached hydrogens (primary N) is 1. The number of halogens is 1. The van der Waals surface area contributed by atoms with Gasteiger partial charge in [-0.15, -0.1) is 0 Å². The van der Waals surface area contributed by atoms with Gasteiger partial charge in [-0.3, -0.25) is 0 Å². The maximum absolute atomic E-state index is 6.49. The van der Waals surface area contributed by atoms with Gasteiger partial charge in [0, 0.05) is 9.61 Å². The van der Waals surface area contributed by atoms with Gasteiger partial charge >= 0.3 is 0 Å². The van der Waals surface area contributed by atoms with E-state index in [0.717, 1.165) is 11.8 Å². The smallest absolute Gasteiger partial charge is 0.0334 e. The number of rotatable bonds is 2. The molecule has 0 amide bonds. The molecule has 2 N–H and O–H groups in total. The van der Waals surface area contributed by atoms with Crippen molar-refractivity contribution >= 4 is 22.6 Å². The minimum Gasteiger partial charge on any atom is -0.324 e. The second-order valence-corrected chi connectivity index (χ2v) is 6.89. The minimum absolute atomic E-state index is 0.216. The Labute approximate surface area is 118 Å². The van der Waals surface area contributed by atoms with Crippen molar-refractivity contribution in [3.05, 3.63) is 33.4 Å². The summed E-state index contributed by atoms with van der Waals surface area (Å²) in [5.74, 6) is 2.32. The summed E-state index contributed by atoms with van der Waals surface area (Å²) in [5.41, 5.74) is 7.82. The second-order valence-electron chi connectivity index (χ2n) is 5.72. The van der Waals surface area contributed by atoms with Crippen LogP contribution in [0.25, 0.3) is 0 Å². The highest BCUT2D eigenvalue weighted by Gasteiger charge is 2.29. The third kappa shape index (κ3) is 3.22. The molecule has 17 heavy (non-hydrogen) atoms. The maximum Gasteiger partial charge on any atom is 0.0334 e. The third-order valence-corrected chi connectivity index (χ3v) is 4.97. The first-order valence-electron chi connectivity index (χ1n) is 6.58. The van der Waals surface area contributed by atoms with Crippen LogP contribution < -0.4 is 5.73 Å². The normalized spacial score (nSPS) is 31.2. The monoisotopic (exact) mass is 343 g/mol. The van der Waals surface area contributed by atoms with E-state index in [0.29, 0.717) is 5.92 Å². The Kier molecular flexibility index (Phi) is 4.47. The van der Waals surface area contributed by atoms with Crippen molar-refractivity contribution in [3.63, 3.8) is 0 Å². The van der Waals surface area contributed by atoms with Crippen LogP contribution in [0.4, 0.5) is 0 Å². The molecule has 2 heteroatoms. The molecule has 1 aliphatic carbocycles. The molecular weight excluding hydrogens is 321 g/mol. The summed E-state index contributed by atoms with van der Waals surface area (Å²) in [6.45, 7) is 4.73. The molecule has 1 nitrogen and oxygen atoms in total. The summed E-state index contributed by atoms with van der Waals surface area (Å²) in [6, 6.07) is 8.76. The van der Waals surface area contributed by atoms with Crippen molar-refractivity contribution in [2.24, 2.45) is 23.5 Å². The lowest BCUT2D eigenvalue weighted by molar-refractivity contribution is 0.193. The van der Waals surface area contributed by atoms with Gasteiger partial charge in [-0.25, -0.2) is 0 Å². The summed E-state index contributed by atoms with van der Waals surface area (Å²) in [4.78, 5) is 0. The SMILES string of the molecule is CC1CC(C)CC(C(N)c2ccccc2I)C1. The third-order valence-electron chi connectivity index (χ3n) is 3.99. The molecule has 0 saturated heterocycles. The van der Waals surface area contributed by atoms with Crippen molar-refractivity contribution in [1.82, 2.24) is 0 Å². The standard InChI is InChI=1S/C15H22IN/c1-10-7-11(2)9-12(8-10)15(17)13-5-3-4-6-14(13)16/h3-6,10-12,15H,7-9,17H2,1-2H3. The summed E-state index contributed by atoms with van der Waals surface area (Å²) < 4.78 is 1.31. The molecule has 0 heterocycles. The molecule has 0 spiro atoms. The molecule has 0 radical (unpaired) electrons. The predicted molar refractivity (Wildman–Crippen MR) is 81.8 cm³/mol. The Morgan fingerprint density at radius 1 is 1.12 bits per heavy atom. The van der Waals surface area contributed by atoms with E-state index >= 15 is 0 Å². The molecule has 3 atom stereocenters. The van der Waals surface area contributed by atoms with Crippen LogP contribution in [0.2, 0.25) is 0 Å². The Balaban J connectivity index is 2.14. The first kappa shape index (κ1) is 13.3. The van der Waals surface area contributed by atoms with Crippen LogP contribution in [0.3, 0.4) is 0 Å². The van der Waals surface area contributed by atoms with Gasteiger partial charge in [-0.2, -0.15) is 0 Å². The number of hydrogen-bond acceptors (Lipinski definition) is 1. The van der Waals surface area contributed by atoms with Crippen molar-refractivity contribution < 1.29 is 0 Å². The Hall–Kier alpha value is -0.0900. The molecule has 0 aliphatic heterocycles. The number of benzene rings is 1. The number of hydrogen-bond donors (Lipinski definition) is 1. The summed E-state index contributed by atoms with van der Waals surface area (Å²) >= 11 is 2.40. The zero-order valence-electron chi connectivity index (χ0n) is 10.7. The molecule has 0 bridgehead atoms. The molecule has 0 aromatic heterocycles. The lowest BCUT2D eigenvalue weighted by Crippen LogP contribution is -2.29. The van der Waals surface area contributed by atoms with E-state index in [4.69, 9.17) is 5.73 Å². The van der Waals surface area contributed by atoms with Gasteiger partial charge in [0.2, 0.25) is 0 Å². The minimum atomic E-state index is 0.216. The average molecular weight is 343 g/mol. The van der Waals surface area contributed by atoms with Crippen LogP contribution >= 0.6 is 22.6 Å². The highest BCUT2D eigenvalue weighted by Crippen LogP contribution is 2.39. The van der Waals surface area contributed by atoms with E-state index in [1.165, 1.54) is 28.4 Å². The van der Waals surface area contributed by atoms with Crippen LogP contribution in [-0.2, 0) is 0 Å². The zero-order valence-corrected chi connectivity index (χ0v) is 12.9. The van der Waals surface area contributed by atoms with Crippen molar-refractivity contribution in [3.8, 4) is 0 Å². The fraction of sp³-hybridized carbons (Fsp3) is 0.600. The summed E-state index contributed by atoms with van der Waals surface area (Å²) in [5, 5.41) is 0. The van der Waals surface area contributed by atoms with Crippen LogP contribution in [0.5, 0.6) is 0 Å². The van der Waals surface area contributed by atoms with E-state index in [-0.39, 0.29) is 6.04 Å². The summed E-state index contributed by atoms with van der Waals surface area (Å²) in [7, 11) is 0. The van der Waals surface area contributed by atoms with Crippen molar-refractivity contribution in [1.29, 1.82) is 0 Å². The maximum atomic E-state index is 6.49. The largest absolute Gasteiger partial charge is 0.324 e. The first-order chi connectivity index (χ1) is 8.08. The highest BCUT2D eigenvalue weighted by atomic mass is 127. The molecule has 94 valence electrons. The van der Waals surface area contributed by atoms with E-state index in [1.807, 2.05) is 0 Å². The molecule has 1 fully saturated rings. The Morgan fingerprint density at radius 3 is 2.29 bits per heavy atom. The predicted octanol–water partition coefficient (Wildman–Crippen LogP) is 4.36. The molecule has 1 aliphatic rings. The molecule has 1 saturated carbocycles. The van der Waals surface area contributed by atoms with Gasteiger partial charge in [0.05, 0.1) is 0 Å². The molecule has 1 aromatic carbocycles. The van der Waals surface area contributed by atoms with Crippen molar-refractivity contribution in [2.75, 3.05) is 0 Å². The van der Waals surface area contributed by atoms with Gasteiger partial charge in [0.25, 0.3) is 0 Å². The fourth-order valence-corrected chi connectivity index (χ4v) is 4.05. The average Bonchev–Trinajstić information content (AvgIpc) is 2.27. The van der Waals surface area contributed by atoms with E-state index in [2.05, 4.69) is 60.7 Å². The van der Waals surface area contributed by atoms with E-state index in [9.17, 15) is 0 Å². The van der Waals surface area contributed by atoms with Gasteiger partial charge in [0.15, 0.2) is 0 Å². The lowest BCUT2D eigenvalue weighted by atomic mass is 9.73. The fourth-order valence-electron chi connectivity index (χ4n) is 3.30. The second kappa shape index (κ2) is 5.70. The van der Waals surface area contributed by atoms with Crippen LogP contribution in [0, 0.1) is 21.3 Å². The topological polar surface area (TPSA) is 26.0 Å². The van der Waals surface area contributed by atoms with Gasteiger partial charge in [0.1, 0.15) is 0 Å². The zero-order chi connectivity index (χ0) is 12.4. The first-order valence-corrected chi connectivity index (χ1v) is 7.65. The molecule has 2 rings (SSSR count). The molecular formula is C15H22IN. The quantitative estimate of drug-likeness (QED) is 0.793. The van der Waals surface area contributed by atoms with E-state index < -0.39 is 0 Å². The highest BCUT2D eigenvalue weighted by molar-refractivity contribution is 14.1. The van der Waals surface area contributed by atoms with Gasteiger partial charge in [-0.1, -0.05) is 32.0 Å². The van der Waals surface area contributed by atoms with Gasteiger partial charge < -0.3 is 5.73 Å². The van der Waals surface area contributed by atoms with Crippen molar-refractivity contribution in [2.45, 2.75) is 39.2 Å². The Morgan fingerprint density at radius 2 is 1.71 bits per heavy atom. The summed E-state index contributed by atoms with van der Waals surface area (Å²) in [6.07, 6.45) is 3.95. The van der Waals surface area contributed by atoms with E-state index in [1.54, 1.807) is 0 Å². The Bertz CT molecular complexity index is 367. The molecule has 3 unspecified atom stereocenters.